The summed E-state index contributed by atoms with van der Waals surface area (Å²) in [5.74, 6) is 0. The third-order valence-corrected chi connectivity index (χ3v) is 0.607. The zero-order valence-corrected chi connectivity index (χ0v) is 3.89. The van der Waals surface area contributed by atoms with E-state index in [9.17, 15) is 0 Å². The monoisotopic (exact) mass is 111 g/mol. The molecule has 0 fully saturated rings. The van der Waals surface area contributed by atoms with Crippen molar-refractivity contribution >= 4 is 37.7 Å². The molecule has 0 amide bonds. The molecule has 0 aliphatic carbocycles. The van der Waals surface area contributed by atoms with Crippen LogP contribution >= 0.6 is 0 Å². The van der Waals surface area contributed by atoms with Crippen molar-refractivity contribution in [3.05, 3.63) is 36.4 Å². The molecule has 0 bridgehead atoms. The molecule has 0 aromatic heterocycles. The van der Waals surface area contributed by atoms with Crippen LogP contribution < -0.4 is 0 Å². The Bertz CT molecular complexity index is 83.0. The van der Waals surface area contributed by atoms with Crippen molar-refractivity contribution in [1.82, 2.24) is 0 Å². The van der Waals surface area contributed by atoms with Gasteiger partial charge in [0.05, 0.1) is 0 Å². The molecule has 9 heavy (non-hydrogen) atoms. The second-order valence-corrected chi connectivity index (χ2v) is 1.08. The van der Waals surface area contributed by atoms with Crippen LogP contribution in [0.15, 0.2) is 30.3 Å². The van der Waals surface area contributed by atoms with Gasteiger partial charge in [0, 0.05) is 0 Å². The smallest absolute Gasteiger partial charge is 0.0184 e. The normalized spacial score (nSPS) is 5.33. The largest absolute Gasteiger partial charge is 0.0622 e. The first-order valence-corrected chi connectivity index (χ1v) is 1.91. The van der Waals surface area contributed by atoms with Gasteiger partial charge in [-0.1, -0.05) is 30.3 Å². The van der Waals surface area contributed by atoms with E-state index in [4.69, 9.17) is 0 Å². The van der Waals surface area contributed by atoms with Gasteiger partial charge in [-0.3, -0.25) is 0 Å². The zero-order valence-electron chi connectivity index (χ0n) is 3.89. The van der Waals surface area contributed by atoms with Gasteiger partial charge in [0.2, 0.25) is 0 Å². The van der Waals surface area contributed by atoms with Crippen molar-refractivity contribution in [3.8, 4) is 0 Å². The molecule has 1 nitrogen and oxygen atoms in total. The van der Waals surface area contributed by atoms with Gasteiger partial charge in [-0.15, -0.1) is 0 Å². The molecule has 0 saturated carbocycles. The third-order valence-electron chi connectivity index (χ3n) is 0.607. The zero-order chi connectivity index (χ0) is 4.24. The average Bonchev–Trinajstić information content (AvgIpc) is 1.72. The van der Waals surface area contributed by atoms with Gasteiger partial charge in [-0.2, -0.15) is 0 Å². The number of rotatable bonds is 0. The summed E-state index contributed by atoms with van der Waals surface area (Å²) in [7, 11) is 0. The molecule has 0 aliphatic rings. The van der Waals surface area contributed by atoms with Crippen LogP contribution in [0.1, 0.15) is 0 Å². The molecule has 0 heterocycles. The Kier molecular flexibility index (Phi) is 20.2. The second kappa shape index (κ2) is 11.2. The standard InChI is InChI=1S/C6H5.2Li.H2O.2H/c1-2-4-6-5-3-1;;;;;/h1-5H;;;1H2;;. The van der Waals surface area contributed by atoms with Crippen molar-refractivity contribution < 1.29 is 5.48 Å². The average molecular weight is 111 g/mol. The molecule has 1 rings (SSSR count). The van der Waals surface area contributed by atoms with Crippen molar-refractivity contribution in [1.29, 1.82) is 0 Å². The first-order chi connectivity index (χ1) is 3.00. The van der Waals surface area contributed by atoms with E-state index in [1.54, 1.807) is 0 Å². The fraction of sp³-hybridized carbons (Fsp3) is 0. The Balaban J connectivity index is -0.000000120. The minimum atomic E-state index is 0. The summed E-state index contributed by atoms with van der Waals surface area (Å²) in [5, 5.41) is 0. The van der Waals surface area contributed by atoms with Gasteiger partial charge in [0.15, 0.2) is 0 Å². The molecule has 1 aromatic carbocycles. The predicted molar refractivity (Wildman–Crippen MR) is 43.2 cm³/mol. The van der Waals surface area contributed by atoms with E-state index in [1.165, 1.54) is 0 Å². The fourth-order valence-electron chi connectivity index (χ4n) is 0.342. The molecule has 1 radical (unpaired) electrons. The summed E-state index contributed by atoms with van der Waals surface area (Å²) in [5.41, 5.74) is 0. The second-order valence-electron chi connectivity index (χ2n) is 1.08. The molecule has 0 spiro atoms. The van der Waals surface area contributed by atoms with Crippen LogP contribution in [0.5, 0.6) is 0 Å². The van der Waals surface area contributed by atoms with Crippen LogP contribution in [0, 0.1) is 6.07 Å². The molecule has 0 aliphatic heterocycles. The SMILES string of the molecule is O.[LiH].[LiH].[c]1ccccc1. The summed E-state index contributed by atoms with van der Waals surface area (Å²) in [4.78, 5) is 0. The van der Waals surface area contributed by atoms with Crippen LogP contribution in [-0.2, 0) is 0 Å². The molecule has 0 unspecified atom stereocenters. The maximum Gasteiger partial charge on any atom is -0.0184 e. The van der Waals surface area contributed by atoms with Crippen LogP contribution in [0.25, 0.3) is 0 Å². The van der Waals surface area contributed by atoms with E-state index < -0.39 is 0 Å². The Morgan fingerprint density at radius 2 is 1.22 bits per heavy atom. The van der Waals surface area contributed by atoms with Crippen LogP contribution in [0.3, 0.4) is 0 Å². The van der Waals surface area contributed by atoms with Crippen LogP contribution in [0.4, 0.5) is 0 Å². The van der Waals surface area contributed by atoms with Crippen LogP contribution in [-0.4, -0.2) is 43.2 Å². The quantitative estimate of drug-likeness (QED) is 0.399. The Morgan fingerprint density at radius 1 is 0.778 bits per heavy atom. The summed E-state index contributed by atoms with van der Waals surface area (Å²) in [6.45, 7) is 0. The molecular weight excluding hydrogens is 102 g/mol. The first-order valence-electron chi connectivity index (χ1n) is 1.91. The Labute approximate surface area is 79.5 Å². The number of hydrogen-bond acceptors (Lipinski definition) is 0. The van der Waals surface area contributed by atoms with Gasteiger partial charge in [-0.25, -0.2) is 0 Å². The molecular formula is C6H9Li2O. The van der Waals surface area contributed by atoms with Gasteiger partial charge in [0.25, 0.3) is 0 Å². The van der Waals surface area contributed by atoms with E-state index in [1.807, 2.05) is 30.3 Å². The van der Waals surface area contributed by atoms with Crippen molar-refractivity contribution in [3.63, 3.8) is 0 Å². The fourth-order valence-corrected chi connectivity index (χ4v) is 0.342. The summed E-state index contributed by atoms with van der Waals surface area (Å²) in [6, 6.07) is 12.5. The van der Waals surface area contributed by atoms with E-state index >= 15 is 0 Å². The van der Waals surface area contributed by atoms with Gasteiger partial charge >= 0.3 is 37.7 Å². The van der Waals surface area contributed by atoms with Crippen molar-refractivity contribution in [2.45, 2.75) is 0 Å². The minimum absolute atomic E-state index is 0. The molecule has 2 N–H and O–H groups in total. The summed E-state index contributed by atoms with van der Waals surface area (Å²) >= 11 is 0. The van der Waals surface area contributed by atoms with Gasteiger partial charge < -0.3 is 5.48 Å². The molecule has 41 valence electrons. The maximum atomic E-state index is 2.89. The predicted octanol–water partition coefficient (Wildman–Crippen LogP) is -0.635. The molecule has 1 aromatic rings. The van der Waals surface area contributed by atoms with E-state index in [0.717, 1.165) is 0 Å². The number of hydrogen-bond donors (Lipinski definition) is 0. The minimum Gasteiger partial charge on any atom is -0.0622 e. The maximum absolute atomic E-state index is 2.89. The van der Waals surface area contributed by atoms with Crippen molar-refractivity contribution in [2.75, 3.05) is 0 Å². The first kappa shape index (κ1) is 16.2. The molecule has 3 heteroatoms. The van der Waals surface area contributed by atoms with Crippen molar-refractivity contribution in [2.24, 2.45) is 0 Å². The number of benzene rings is 1. The third kappa shape index (κ3) is 8.37. The molecule has 0 saturated heterocycles. The summed E-state index contributed by atoms with van der Waals surface area (Å²) < 4.78 is 0. The van der Waals surface area contributed by atoms with Crippen LogP contribution in [0.2, 0.25) is 0 Å². The van der Waals surface area contributed by atoms with E-state index in [2.05, 4.69) is 6.07 Å². The van der Waals surface area contributed by atoms with E-state index in [-0.39, 0.29) is 43.2 Å². The van der Waals surface area contributed by atoms with Gasteiger partial charge in [-0.05, 0) is 6.07 Å². The summed E-state index contributed by atoms with van der Waals surface area (Å²) in [6.07, 6.45) is 0. The Hall–Kier alpha value is 0.375. The molecule has 0 atom stereocenters. The topological polar surface area (TPSA) is 31.5 Å². The van der Waals surface area contributed by atoms with E-state index in [0.29, 0.717) is 0 Å². The Morgan fingerprint density at radius 3 is 1.33 bits per heavy atom. The van der Waals surface area contributed by atoms with Gasteiger partial charge in [0.1, 0.15) is 0 Å².